The highest BCUT2D eigenvalue weighted by Gasteiger charge is 2.23. The van der Waals surface area contributed by atoms with Gasteiger partial charge in [0.2, 0.25) is 0 Å². The number of hydrogen-bond donors (Lipinski definition) is 1. The van der Waals surface area contributed by atoms with Crippen LogP contribution in [0.4, 0.5) is 0 Å². The number of rotatable bonds is 5. The molecule has 0 bridgehead atoms. The van der Waals surface area contributed by atoms with E-state index in [-0.39, 0.29) is 5.41 Å². The predicted octanol–water partition coefficient (Wildman–Crippen LogP) is 3.08. The first-order chi connectivity index (χ1) is 6.60. The van der Waals surface area contributed by atoms with Crippen LogP contribution in [-0.2, 0) is 12.0 Å². The van der Waals surface area contributed by atoms with E-state index in [9.17, 15) is 0 Å². The van der Waals surface area contributed by atoms with E-state index < -0.39 is 0 Å². The second-order valence-corrected chi connectivity index (χ2v) is 4.43. The highest BCUT2D eigenvalue weighted by molar-refractivity contribution is 5.15. The van der Waals surface area contributed by atoms with Gasteiger partial charge in [0.15, 0.2) is 0 Å². The van der Waals surface area contributed by atoms with Crippen molar-refractivity contribution in [2.45, 2.75) is 45.6 Å². The van der Waals surface area contributed by atoms with Crippen molar-refractivity contribution in [1.29, 1.82) is 0 Å². The molecular formula is C12H21NO. The normalized spacial score (nSPS) is 12.0. The van der Waals surface area contributed by atoms with Crippen LogP contribution in [0.5, 0.6) is 0 Å². The minimum atomic E-state index is 0.167. The van der Waals surface area contributed by atoms with E-state index in [4.69, 9.17) is 4.42 Å². The topological polar surface area (TPSA) is 25.2 Å². The quantitative estimate of drug-likeness (QED) is 0.781. The Morgan fingerprint density at radius 2 is 2.07 bits per heavy atom. The van der Waals surface area contributed by atoms with Gasteiger partial charge in [-0.15, -0.1) is 0 Å². The van der Waals surface area contributed by atoms with Gasteiger partial charge in [-0.05, 0) is 25.6 Å². The molecule has 0 aliphatic carbocycles. The van der Waals surface area contributed by atoms with Crippen LogP contribution in [0.25, 0.3) is 0 Å². The fourth-order valence-electron chi connectivity index (χ4n) is 1.76. The average Bonchev–Trinajstić information content (AvgIpc) is 2.54. The average molecular weight is 195 g/mol. The molecule has 0 aliphatic rings. The maximum Gasteiger partial charge on any atom is 0.117 e. The molecule has 2 nitrogen and oxygen atoms in total. The maximum atomic E-state index is 5.78. The summed E-state index contributed by atoms with van der Waals surface area (Å²) in [6.45, 7) is 7.48. The molecule has 1 heterocycles. The molecule has 1 rings (SSSR count). The Labute approximate surface area is 86.7 Å². The molecule has 1 aromatic heterocycles. The summed E-state index contributed by atoms with van der Waals surface area (Å²) < 4.78 is 5.78. The van der Waals surface area contributed by atoms with Crippen LogP contribution < -0.4 is 5.32 Å². The number of nitrogens with one attached hydrogen (secondary N) is 1. The zero-order valence-corrected chi connectivity index (χ0v) is 9.68. The Balaban J connectivity index is 2.74. The summed E-state index contributed by atoms with van der Waals surface area (Å²) in [4.78, 5) is 0. The molecular weight excluding hydrogens is 174 g/mol. The standard InChI is InChI=1S/C12H21NO/c1-5-8-12(2,3)11-7-6-10(14-11)9-13-4/h6-7,13H,5,8-9H2,1-4H3. The SMILES string of the molecule is CCCC(C)(C)c1ccc(CNC)o1. The van der Waals surface area contributed by atoms with Crippen LogP contribution >= 0.6 is 0 Å². The van der Waals surface area contributed by atoms with Gasteiger partial charge < -0.3 is 9.73 Å². The highest BCUT2D eigenvalue weighted by Crippen LogP contribution is 2.29. The summed E-state index contributed by atoms with van der Waals surface area (Å²) in [6, 6.07) is 4.16. The second-order valence-electron chi connectivity index (χ2n) is 4.43. The molecule has 0 saturated heterocycles. The monoisotopic (exact) mass is 195 g/mol. The molecule has 0 aromatic carbocycles. The fraction of sp³-hybridized carbons (Fsp3) is 0.667. The molecule has 14 heavy (non-hydrogen) atoms. The molecule has 0 amide bonds. The summed E-state index contributed by atoms with van der Waals surface area (Å²) in [7, 11) is 1.93. The molecule has 0 saturated carbocycles. The van der Waals surface area contributed by atoms with Gasteiger partial charge in [0.25, 0.3) is 0 Å². The van der Waals surface area contributed by atoms with E-state index in [0.29, 0.717) is 0 Å². The first kappa shape index (κ1) is 11.3. The Hall–Kier alpha value is -0.760. The minimum absolute atomic E-state index is 0.167. The van der Waals surface area contributed by atoms with Crippen molar-refractivity contribution in [3.63, 3.8) is 0 Å². The van der Waals surface area contributed by atoms with Crippen LogP contribution in [0.3, 0.4) is 0 Å². The lowest BCUT2D eigenvalue weighted by Crippen LogP contribution is -2.15. The van der Waals surface area contributed by atoms with Crippen LogP contribution in [0.1, 0.15) is 45.1 Å². The third-order valence-electron chi connectivity index (χ3n) is 2.55. The van der Waals surface area contributed by atoms with Gasteiger partial charge in [-0.2, -0.15) is 0 Å². The van der Waals surface area contributed by atoms with Crippen molar-refractivity contribution >= 4 is 0 Å². The van der Waals surface area contributed by atoms with Gasteiger partial charge in [0.05, 0.1) is 6.54 Å². The van der Waals surface area contributed by atoms with Gasteiger partial charge in [-0.3, -0.25) is 0 Å². The number of hydrogen-bond acceptors (Lipinski definition) is 2. The van der Waals surface area contributed by atoms with Crippen LogP contribution in [0.2, 0.25) is 0 Å². The fourth-order valence-corrected chi connectivity index (χ4v) is 1.76. The first-order valence-electron chi connectivity index (χ1n) is 5.34. The molecule has 0 fully saturated rings. The van der Waals surface area contributed by atoms with E-state index in [1.807, 2.05) is 7.05 Å². The molecule has 1 aromatic rings. The second kappa shape index (κ2) is 4.65. The lowest BCUT2D eigenvalue weighted by atomic mass is 9.85. The molecule has 0 spiro atoms. The lowest BCUT2D eigenvalue weighted by Gasteiger charge is -2.20. The van der Waals surface area contributed by atoms with Gasteiger partial charge in [0.1, 0.15) is 11.5 Å². The smallest absolute Gasteiger partial charge is 0.117 e. The lowest BCUT2D eigenvalue weighted by molar-refractivity contribution is 0.344. The Bertz CT molecular complexity index is 276. The van der Waals surface area contributed by atoms with Crippen molar-refractivity contribution in [3.8, 4) is 0 Å². The Morgan fingerprint density at radius 1 is 1.36 bits per heavy atom. The molecule has 0 unspecified atom stereocenters. The third-order valence-corrected chi connectivity index (χ3v) is 2.55. The predicted molar refractivity (Wildman–Crippen MR) is 59.4 cm³/mol. The first-order valence-corrected chi connectivity index (χ1v) is 5.34. The van der Waals surface area contributed by atoms with Crippen molar-refractivity contribution in [2.24, 2.45) is 0 Å². The van der Waals surface area contributed by atoms with Crippen molar-refractivity contribution < 1.29 is 4.42 Å². The van der Waals surface area contributed by atoms with Crippen molar-refractivity contribution in [3.05, 3.63) is 23.7 Å². The van der Waals surface area contributed by atoms with Gasteiger partial charge in [0, 0.05) is 5.41 Å². The summed E-state index contributed by atoms with van der Waals surface area (Å²) in [5.74, 6) is 2.12. The molecule has 0 atom stereocenters. The Morgan fingerprint density at radius 3 is 2.64 bits per heavy atom. The van der Waals surface area contributed by atoms with Crippen molar-refractivity contribution in [1.82, 2.24) is 5.32 Å². The Kier molecular flexibility index (Phi) is 3.76. The number of furan rings is 1. The largest absolute Gasteiger partial charge is 0.464 e. The van der Waals surface area contributed by atoms with Crippen LogP contribution in [-0.4, -0.2) is 7.05 Å². The molecule has 0 aliphatic heterocycles. The maximum absolute atomic E-state index is 5.78. The molecule has 80 valence electrons. The van der Waals surface area contributed by atoms with Crippen molar-refractivity contribution in [2.75, 3.05) is 7.05 Å². The third kappa shape index (κ3) is 2.61. The zero-order valence-electron chi connectivity index (χ0n) is 9.68. The van der Waals surface area contributed by atoms with Crippen LogP contribution in [0, 0.1) is 0 Å². The summed E-state index contributed by atoms with van der Waals surface area (Å²) in [5, 5.41) is 3.09. The van der Waals surface area contributed by atoms with E-state index in [0.717, 1.165) is 18.1 Å². The summed E-state index contributed by atoms with van der Waals surface area (Å²) in [6.07, 6.45) is 2.36. The molecule has 0 radical (unpaired) electrons. The summed E-state index contributed by atoms with van der Waals surface area (Å²) >= 11 is 0. The highest BCUT2D eigenvalue weighted by atomic mass is 16.3. The summed E-state index contributed by atoms with van der Waals surface area (Å²) in [5.41, 5.74) is 0.167. The van der Waals surface area contributed by atoms with Gasteiger partial charge in [-0.1, -0.05) is 27.2 Å². The van der Waals surface area contributed by atoms with E-state index >= 15 is 0 Å². The zero-order chi connectivity index (χ0) is 10.6. The molecule has 2 heteroatoms. The van der Waals surface area contributed by atoms with Gasteiger partial charge in [-0.25, -0.2) is 0 Å². The molecule has 1 N–H and O–H groups in total. The van der Waals surface area contributed by atoms with E-state index in [1.54, 1.807) is 0 Å². The minimum Gasteiger partial charge on any atom is -0.464 e. The van der Waals surface area contributed by atoms with Crippen LogP contribution in [0.15, 0.2) is 16.5 Å². The van der Waals surface area contributed by atoms with E-state index in [2.05, 4.69) is 38.2 Å². The van der Waals surface area contributed by atoms with E-state index in [1.165, 1.54) is 12.8 Å². The van der Waals surface area contributed by atoms with Gasteiger partial charge >= 0.3 is 0 Å².